The number of benzene rings is 6. The van der Waals surface area contributed by atoms with Gasteiger partial charge in [0.2, 0.25) is 0 Å². The molecule has 6 rings (SSSR count). The highest BCUT2D eigenvalue weighted by Crippen LogP contribution is 2.46. The van der Waals surface area contributed by atoms with E-state index < -0.39 is 5.41 Å². The Hall–Kier alpha value is -6.40. The van der Waals surface area contributed by atoms with Crippen molar-refractivity contribution in [2.75, 3.05) is 0 Å². The normalized spacial score (nSPS) is 14.4. The van der Waals surface area contributed by atoms with E-state index in [4.69, 9.17) is 0 Å². The SMILES string of the molecule is CC(=CC(CC(CC=C(CC(C)(CC(C)(C)c1ccc(O)cc1)c1ccc(O)cc1)c1ccc(O)cc1)c1ccc(O)cc1)c1ccc(O)cc1)c1ccc(O)cc1. The lowest BCUT2D eigenvalue weighted by molar-refractivity contribution is 0.330. The van der Waals surface area contributed by atoms with Gasteiger partial charge in [-0.05, 0) is 167 Å². The molecule has 6 N–H and O–H groups in total. The van der Waals surface area contributed by atoms with Crippen LogP contribution in [0.5, 0.6) is 34.5 Å². The monoisotopic (exact) mass is 774 g/mol. The Kier molecular flexibility index (Phi) is 12.7. The van der Waals surface area contributed by atoms with E-state index in [1.54, 1.807) is 72.8 Å². The van der Waals surface area contributed by atoms with Crippen molar-refractivity contribution in [3.05, 3.63) is 191 Å². The third-order valence-corrected chi connectivity index (χ3v) is 11.5. The molecule has 0 aliphatic carbocycles. The van der Waals surface area contributed by atoms with Gasteiger partial charge in [0, 0.05) is 5.92 Å². The summed E-state index contributed by atoms with van der Waals surface area (Å²) in [5.74, 6) is 1.17. The summed E-state index contributed by atoms with van der Waals surface area (Å²) in [6.07, 6.45) is 7.34. The molecule has 0 heterocycles. The Morgan fingerprint density at radius 1 is 0.500 bits per heavy atom. The highest BCUT2D eigenvalue weighted by atomic mass is 16.3. The fourth-order valence-corrected chi connectivity index (χ4v) is 8.36. The van der Waals surface area contributed by atoms with E-state index >= 15 is 0 Å². The van der Waals surface area contributed by atoms with Crippen molar-refractivity contribution in [1.29, 1.82) is 0 Å². The van der Waals surface area contributed by atoms with Gasteiger partial charge < -0.3 is 30.6 Å². The molecule has 0 saturated carbocycles. The molecule has 58 heavy (non-hydrogen) atoms. The van der Waals surface area contributed by atoms with Crippen LogP contribution in [-0.2, 0) is 10.8 Å². The van der Waals surface area contributed by atoms with E-state index in [1.165, 1.54) is 0 Å². The van der Waals surface area contributed by atoms with Crippen LogP contribution in [0.3, 0.4) is 0 Å². The third-order valence-electron chi connectivity index (χ3n) is 11.5. The summed E-state index contributed by atoms with van der Waals surface area (Å²) in [5, 5.41) is 61.2. The molecule has 6 heteroatoms. The van der Waals surface area contributed by atoms with Crippen molar-refractivity contribution in [2.24, 2.45) is 0 Å². The molecule has 0 radical (unpaired) electrons. The summed E-state index contributed by atoms with van der Waals surface area (Å²) < 4.78 is 0. The standard InChI is InChI=1S/C52H54O6/c1-35(36-7-19-45(53)20-8-36)31-42(39-13-25-48(56)26-14-39)32-40(37-9-21-46(54)22-10-37)5-6-41(38-11-23-47(55)24-12-38)33-52(4,44-17-29-50(58)30-18-44)34-51(2,3)43-15-27-49(57)28-16-43/h6-31,40,42,53-58H,5,32-34H2,1-4H3. The van der Waals surface area contributed by atoms with Gasteiger partial charge >= 0.3 is 0 Å². The highest BCUT2D eigenvalue weighted by molar-refractivity contribution is 5.68. The second-order valence-corrected chi connectivity index (χ2v) is 16.5. The third kappa shape index (κ3) is 10.5. The van der Waals surface area contributed by atoms with Crippen LogP contribution in [0.15, 0.2) is 158 Å². The summed E-state index contributed by atoms with van der Waals surface area (Å²) in [4.78, 5) is 0. The van der Waals surface area contributed by atoms with Crippen LogP contribution in [0.4, 0.5) is 0 Å². The smallest absolute Gasteiger partial charge is 0.115 e. The van der Waals surface area contributed by atoms with Gasteiger partial charge in [0.15, 0.2) is 0 Å². The first-order valence-electron chi connectivity index (χ1n) is 19.8. The zero-order chi connectivity index (χ0) is 41.5. The molecule has 0 bridgehead atoms. The van der Waals surface area contributed by atoms with Gasteiger partial charge in [-0.2, -0.15) is 0 Å². The van der Waals surface area contributed by atoms with E-state index in [2.05, 4.69) is 39.8 Å². The largest absolute Gasteiger partial charge is 0.508 e. The molecule has 0 fully saturated rings. The fourth-order valence-electron chi connectivity index (χ4n) is 8.36. The number of hydrogen-bond donors (Lipinski definition) is 6. The van der Waals surface area contributed by atoms with E-state index in [1.807, 2.05) is 72.8 Å². The predicted molar refractivity (Wildman–Crippen MR) is 235 cm³/mol. The molecular weight excluding hydrogens is 721 g/mol. The van der Waals surface area contributed by atoms with Crippen LogP contribution >= 0.6 is 0 Å². The number of allylic oxidation sites excluding steroid dienone is 4. The molecule has 3 unspecified atom stereocenters. The summed E-state index contributed by atoms with van der Waals surface area (Å²) >= 11 is 0. The van der Waals surface area contributed by atoms with Crippen molar-refractivity contribution < 1.29 is 30.6 Å². The summed E-state index contributed by atoms with van der Waals surface area (Å²) in [7, 11) is 0. The summed E-state index contributed by atoms with van der Waals surface area (Å²) in [6.45, 7) is 8.78. The average Bonchev–Trinajstić information content (AvgIpc) is 3.20. The summed E-state index contributed by atoms with van der Waals surface area (Å²) in [6, 6.07) is 44.2. The molecule has 0 amide bonds. The molecule has 0 saturated heterocycles. The van der Waals surface area contributed by atoms with Crippen LogP contribution in [0.25, 0.3) is 11.1 Å². The molecule has 6 aromatic carbocycles. The molecule has 0 spiro atoms. The molecule has 0 aliphatic heterocycles. The van der Waals surface area contributed by atoms with Gasteiger partial charge in [-0.25, -0.2) is 0 Å². The zero-order valence-corrected chi connectivity index (χ0v) is 33.7. The minimum Gasteiger partial charge on any atom is -0.508 e. The van der Waals surface area contributed by atoms with Crippen LogP contribution in [0.1, 0.15) is 98.6 Å². The second-order valence-electron chi connectivity index (χ2n) is 16.5. The second kappa shape index (κ2) is 17.8. The molecule has 0 aromatic heterocycles. The maximum absolute atomic E-state index is 10.3. The van der Waals surface area contributed by atoms with Gasteiger partial charge in [0.05, 0.1) is 0 Å². The summed E-state index contributed by atoms with van der Waals surface area (Å²) in [5.41, 5.74) is 7.76. The van der Waals surface area contributed by atoms with E-state index in [9.17, 15) is 30.6 Å². The first-order chi connectivity index (χ1) is 27.7. The number of phenols is 6. The van der Waals surface area contributed by atoms with Crippen molar-refractivity contribution in [3.63, 3.8) is 0 Å². The highest BCUT2D eigenvalue weighted by Gasteiger charge is 2.36. The fraction of sp³-hybridized carbons (Fsp3) is 0.231. The average molecular weight is 775 g/mol. The molecular formula is C52H54O6. The quantitative estimate of drug-likeness (QED) is 0.0618. The maximum Gasteiger partial charge on any atom is 0.115 e. The predicted octanol–water partition coefficient (Wildman–Crippen LogP) is 12.5. The first kappa shape index (κ1) is 41.2. The Labute approximate surface area is 342 Å². The lowest BCUT2D eigenvalue weighted by atomic mass is 9.64. The van der Waals surface area contributed by atoms with Crippen molar-refractivity contribution in [2.45, 2.75) is 76.0 Å². The van der Waals surface area contributed by atoms with Gasteiger partial charge in [0.1, 0.15) is 34.5 Å². The molecule has 0 aliphatic rings. The van der Waals surface area contributed by atoms with Crippen LogP contribution in [0, 0.1) is 0 Å². The van der Waals surface area contributed by atoms with Gasteiger partial charge in [0.25, 0.3) is 0 Å². The van der Waals surface area contributed by atoms with E-state index in [-0.39, 0.29) is 51.7 Å². The molecule has 6 aromatic rings. The van der Waals surface area contributed by atoms with Crippen molar-refractivity contribution in [1.82, 2.24) is 0 Å². The van der Waals surface area contributed by atoms with Gasteiger partial charge in [-0.1, -0.05) is 106 Å². The Balaban J connectivity index is 1.44. The topological polar surface area (TPSA) is 121 Å². The lowest BCUT2D eigenvalue weighted by Gasteiger charge is -2.39. The Bertz CT molecular complexity index is 2300. The Morgan fingerprint density at radius 2 is 0.897 bits per heavy atom. The maximum atomic E-state index is 10.3. The van der Waals surface area contributed by atoms with E-state index in [0.29, 0.717) is 19.3 Å². The minimum absolute atomic E-state index is 0.00347. The minimum atomic E-state index is -0.425. The van der Waals surface area contributed by atoms with Gasteiger partial charge in [-0.15, -0.1) is 0 Å². The number of rotatable bonds is 15. The van der Waals surface area contributed by atoms with Gasteiger partial charge in [-0.3, -0.25) is 0 Å². The lowest BCUT2D eigenvalue weighted by Crippen LogP contribution is -2.32. The first-order valence-corrected chi connectivity index (χ1v) is 19.8. The number of hydrogen-bond acceptors (Lipinski definition) is 6. The van der Waals surface area contributed by atoms with Crippen LogP contribution < -0.4 is 0 Å². The van der Waals surface area contributed by atoms with Crippen LogP contribution in [0.2, 0.25) is 0 Å². The number of phenolic OH excluding ortho intramolecular Hbond substituents is 6. The molecule has 6 nitrogen and oxygen atoms in total. The molecule has 3 atom stereocenters. The Morgan fingerprint density at radius 3 is 1.38 bits per heavy atom. The zero-order valence-electron chi connectivity index (χ0n) is 33.7. The van der Waals surface area contributed by atoms with Crippen molar-refractivity contribution >= 4 is 11.1 Å². The number of aromatic hydroxyl groups is 6. The van der Waals surface area contributed by atoms with E-state index in [0.717, 1.165) is 50.9 Å². The van der Waals surface area contributed by atoms with Crippen LogP contribution in [-0.4, -0.2) is 30.6 Å². The molecule has 298 valence electrons. The van der Waals surface area contributed by atoms with Crippen molar-refractivity contribution in [3.8, 4) is 34.5 Å².